The normalized spacial score (nSPS) is 12.2. The van der Waals surface area contributed by atoms with Gasteiger partial charge in [0, 0.05) is 0 Å². The molecule has 0 saturated carbocycles. The van der Waals surface area contributed by atoms with Crippen molar-refractivity contribution in [3.05, 3.63) is 95.6 Å². The summed E-state index contributed by atoms with van der Waals surface area (Å²) in [7, 11) is -3.91. The second-order valence-electron chi connectivity index (χ2n) is 7.53. The molecule has 1 atom stereocenters. The Kier molecular flexibility index (Phi) is 7.13. The number of aryl methyl sites for hydroxylation is 2. The number of sulfonamides is 1. The molecule has 3 rings (SSSR count). The molecule has 0 fully saturated rings. The van der Waals surface area contributed by atoms with E-state index in [0.717, 1.165) is 16.7 Å². The zero-order valence-electron chi connectivity index (χ0n) is 18.1. The number of anilines is 1. The SMILES string of the molecule is CC[C@@H](NC(=O)CN(c1ccc(C)c(C)c1)S(=O)(=O)c1ccccc1)c1ccccc1. The first-order chi connectivity index (χ1) is 14.8. The number of rotatable bonds is 8. The fourth-order valence-electron chi connectivity index (χ4n) is 3.39. The van der Waals surface area contributed by atoms with Crippen LogP contribution in [0, 0.1) is 13.8 Å². The molecule has 0 aliphatic carbocycles. The predicted molar refractivity (Wildman–Crippen MR) is 125 cm³/mol. The van der Waals surface area contributed by atoms with Crippen LogP contribution in [-0.4, -0.2) is 20.9 Å². The average Bonchev–Trinajstić information content (AvgIpc) is 2.79. The van der Waals surface area contributed by atoms with Crippen LogP contribution in [-0.2, 0) is 14.8 Å². The largest absolute Gasteiger partial charge is 0.348 e. The number of amides is 1. The monoisotopic (exact) mass is 436 g/mol. The van der Waals surface area contributed by atoms with Crippen molar-refractivity contribution in [2.24, 2.45) is 0 Å². The fourth-order valence-corrected chi connectivity index (χ4v) is 4.83. The van der Waals surface area contributed by atoms with Gasteiger partial charge in [0.05, 0.1) is 16.6 Å². The van der Waals surface area contributed by atoms with Gasteiger partial charge in [-0.3, -0.25) is 9.10 Å². The van der Waals surface area contributed by atoms with Crippen LogP contribution in [0.3, 0.4) is 0 Å². The van der Waals surface area contributed by atoms with E-state index in [1.807, 2.05) is 57.2 Å². The van der Waals surface area contributed by atoms with Crippen LogP contribution in [0.2, 0.25) is 0 Å². The highest BCUT2D eigenvalue weighted by molar-refractivity contribution is 7.92. The van der Waals surface area contributed by atoms with Crippen molar-refractivity contribution < 1.29 is 13.2 Å². The van der Waals surface area contributed by atoms with Gasteiger partial charge >= 0.3 is 0 Å². The summed E-state index contributed by atoms with van der Waals surface area (Å²) >= 11 is 0. The standard InChI is InChI=1S/C25H28N2O3S/c1-4-24(21-11-7-5-8-12-21)26-25(28)18-27(22-16-15-19(2)20(3)17-22)31(29,30)23-13-9-6-10-14-23/h5-17,24H,4,18H2,1-3H3,(H,26,28)/t24-/m1/s1. The summed E-state index contributed by atoms with van der Waals surface area (Å²) in [5, 5.41) is 2.99. The number of hydrogen-bond acceptors (Lipinski definition) is 3. The number of nitrogens with one attached hydrogen (secondary N) is 1. The Morgan fingerprint density at radius 3 is 2.10 bits per heavy atom. The third-order valence-corrected chi connectivity index (χ3v) is 7.13. The number of carbonyl (C=O) groups excluding carboxylic acids is 1. The zero-order valence-corrected chi connectivity index (χ0v) is 18.9. The van der Waals surface area contributed by atoms with Crippen LogP contribution in [0.5, 0.6) is 0 Å². The highest BCUT2D eigenvalue weighted by atomic mass is 32.2. The summed E-state index contributed by atoms with van der Waals surface area (Å²) in [6.45, 7) is 5.57. The van der Waals surface area contributed by atoms with Gasteiger partial charge in [0.2, 0.25) is 5.91 Å². The molecule has 3 aromatic rings. The maximum atomic E-state index is 13.4. The molecule has 0 radical (unpaired) electrons. The lowest BCUT2D eigenvalue weighted by Gasteiger charge is -2.26. The Bertz CT molecular complexity index is 1130. The van der Waals surface area contributed by atoms with Crippen molar-refractivity contribution in [2.75, 3.05) is 10.8 Å². The van der Waals surface area contributed by atoms with Crippen molar-refractivity contribution >= 4 is 21.6 Å². The van der Waals surface area contributed by atoms with Crippen LogP contribution < -0.4 is 9.62 Å². The molecule has 6 heteroatoms. The minimum absolute atomic E-state index is 0.149. The summed E-state index contributed by atoms with van der Waals surface area (Å²) in [6, 6.07) is 23.1. The van der Waals surface area contributed by atoms with Crippen molar-refractivity contribution in [3.8, 4) is 0 Å². The van der Waals surface area contributed by atoms with Crippen molar-refractivity contribution in [2.45, 2.75) is 38.1 Å². The summed E-state index contributed by atoms with van der Waals surface area (Å²) < 4.78 is 28.1. The fraction of sp³-hybridized carbons (Fsp3) is 0.240. The molecule has 1 amide bonds. The summed E-state index contributed by atoms with van der Waals surface area (Å²) in [6.07, 6.45) is 0.699. The molecule has 31 heavy (non-hydrogen) atoms. The van der Waals surface area contributed by atoms with E-state index in [9.17, 15) is 13.2 Å². The predicted octanol–water partition coefficient (Wildman–Crippen LogP) is 4.77. The van der Waals surface area contributed by atoms with Gasteiger partial charge in [0.1, 0.15) is 6.54 Å². The van der Waals surface area contributed by atoms with E-state index in [1.165, 1.54) is 4.31 Å². The first kappa shape index (κ1) is 22.6. The van der Waals surface area contributed by atoms with Gasteiger partial charge in [-0.2, -0.15) is 0 Å². The molecule has 0 aliphatic rings. The van der Waals surface area contributed by atoms with Crippen LogP contribution in [0.15, 0.2) is 83.8 Å². The molecule has 1 N–H and O–H groups in total. The topological polar surface area (TPSA) is 66.5 Å². The molecule has 0 saturated heterocycles. The van der Waals surface area contributed by atoms with Crippen molar-refractivity contribution in [3.63, 3.8) is 0 Å². The van der Waals surface area contributed by atoms with E-state index in [0.29, 0.717) is 12.1 Å². The van der Waals surface area contributed by atoms with Gasteiger partial charge in [-0.1, -0.05) is 61.5 Å². The van der Waals surface area contributed by atoms with Gasteiger partial charge in [0.25, 0.3) is 10.0 Å². The Hall–Kier alpha value is -3.12. The highest BCUT2D eigenvalue weighted by Crippen LogP contribution is 2.26. The van der Waals surface area contributed by atoms with Crippen LogP contribution in [0.25, 0.3) is 0 Å². The van der Waals surface area contributed by atoms with Crippen molar-refractivity contribution in [1.82, 2.24) is 5.32 Å². The van der Waals surface area contributed by atoms with Gasteiger partial charge in [0.15, 0.2) is 0 Å². The first-order valence-corrected chi connectivity index (χ1v) is 11.8. The minimum Gasteiger partial charge on any atom is -0.348 e. The average molecular weight is 437 g/mol. The summed E-state index contributed by atoms with van der Waals surface area (Å²) in [5.41, 5.74) is 3.47. The van der Waals surface area contributed by atoms with Gasteiger partial charge < -0.3 is 5.32 Å². The lowest BCUT2D eigenvalue weighted by molar-refractivity contribution is -0.120. The van der Waals surface area contributed by atoms with E-state index in [-0.39, 0.29) is 23.4 Å². The summed E-state index contributed by atoms with van der Waals surface area (Å²) in [5.74, 6) is -0.353. The number of benzene rings is 3. The lowest BCUT2D eigenvalue weighted by atomic mass is 10.0. The quantitative estimate of drug-likeness (QED) is 0.553. The van der Waals surface area contributed by atoms with E-state index >= 15 is 0 Å². The molecular formula is C25H28N2O3S. The van der Waals surface area contributed by atoms with E-state index in [1.54, 1.807) is 42.5 Å². The smallest absolute Gasteiger partial charge is 0.264 e. The lowest BCUT2D eigenvalue weighted by Crippen LogP contribution is -2.42. The maximum absolute atomic E-state index is 13.4. The minimum atomic E-state index is -3.91. The molecule has 0 heterocycles. The van der Waals surface area contributed by atoms with Crippen LogP contribution >= 0.6 is 0 Å². The van der Waals surface area contributed by atoms with Crippen LogP contribution in [0.4, 0.5) is 5.69 Å². The van der Waals surface area contributed by atoms with Gasteiger partial charge in [-0.05, 0) is 61.2 Å². The third kappa shape index (κ3) is 5.33. The summed E-state index contributed by atoms with van der Waals surface area (Å²) in [4.78, 5) is 13.1. The Balaban J connectivity index is 1.93. The van der Waals surface area contributed by atoms with Crippen molar-refractivity contribution in [1.29, 1.82) is 0 Å². The number of hydrogen-bond donors (Lipinski definition) is 1. The first-order valence-electron chi connectivity index (χ1n) is 10.3. The second kappa shape index (κ2) is 9.79. The Morgan fingerprint density at radius 2 is 1.52 bits per heavy atom. The molecule has 3 aromatic carbocycles. The Morgan fingerprint density at radius 1 is 0.903 bits per heavy atom. The molecule has 0 aromatic heterocycles. The van der Waals surface area contributed by atoms with E-state index < -0.39 is 10.0 Å². The van der Waals surface area contributed by atoms with Gasteiger partial charge in [-0.25, -0.2) is 8.42 Å². The maximum Gasteiger partial charge on any atom is 0.264 e. The number of carbonyl (C=O) groups is 1. The third-order valence-electron chi connectivity index (χ3n) is 5.34. The van der Waals surface area contributed by atoms with E-state index in [2.05, 4.69) is 5.32 Å². The van der Waals surface area contributed by atoms with Gasteiger partial charge in [-0.15, -0.1) is 0 Å². The molecule has 162 valence electrons. The molecule has 5 nitrogen and oxygen atoms in total. The Labute approximate surface area is 184 Å². The highest BCUT2D eigenvalue weighted by Gasteiger charge is 2.28. The zero-order chi connectivity index (χ0) is 22.4. The molecule has 0 aliphatic heterocycles. The van der Waals surface area contributed by atoms with E-state index in [4.69, 9.17) is 0 Å². The number of nitrogens with zero attached hydrogens (tertiary/aromatic N) is 1. The second-order valence-corrected chi connectivity index (χ2v) is 9.39. The molecule has 0 unspecified atom stereocenters. The molecular weight excluding hydrogens is 408 g/mol. The molecule has 0 bridgehead atoms. The van der Waals surface area contributed by atoms with Crippen LogP contribution in [0.1, 0.15) is 36.1 Å². The molecule has 0 spiro atoms.